The van der Waals surface area contributed by atoms with Gasteiger partial charge in [-0.1, -0.05) is 36.0 Å². The van der Waals surface area contributed by atoms with Crippen LogP contribution >= 0.6 is 0 Å². The van der Waals surface area contributed by atoms with Crippen LogP contribution in [0.1, 0.15) is 6.92 Å². The molecular formula is C9H12O. The van der Waals surface area contributed by atoms with E-state index in [1.165, 1.54) is 5.57 Å². The standard InChI is InChI=1S/C9H12O/c1-9-5-2-3-7-10-8-4-6-9/h2-6H,7-8H2,1H3/b3-2+,6-4?,9-5?. The molecule has 10 heavy (non-hydrogen) atoms. The van der Waals surface area contributed by atoms with Crippen molar-refractivity contribution in [2.24, 2.45) is 0 Å². The third-order valence-corrected chi connectivity index (χ3v) is 1.30. The number of ether oxygens (including phenoxy) is 1. The Hall–Kier alpha value is -0.820. The summed E-state index contributed by atoms with van der Waals surface area (Å²) in [6.07, 6.45) is 10.2. The molecule has 1 heterocycles. The molecule has 1 heteroatoms. The largest absolute Gasteiger partial charge is 0.373 e. The second kappa shape index (κ2) is 4.07. The normalized spacial score (nSPS) is 22.3. The Morgan fingerprint density at radius 1 is 1.30 bits per heavy atom. The van der Waals surface area contributed by atoms with Gasteiger partial charge in [0.25, 0.3) is 0 Å². The molecule has 0 spiro atoms. The van der Waals surface area contributed by atoms with Gasteiger partial charge in [-0.15, -0.1) is 0 Å². The first-order valence-electron chi connectivity index (χ1n) is 3.47. The van der Waals surface area contributed by atoms with E-state index in [9.17, 15) is 0 Å². The molecule has 1 nitrogen and oxygen atoms in total. The van der Waals surface area contributed by atoms with Crippen molar-refractivity contribution >= 4 is 0 Å². The van der Waals surface area contributed by atoms with E-state index < -0.39 is 0 Å². The van der Waals surface area contributed by atoms with Gasteiger partial charge in [0.1, 0.15) is 0 Å². The van der Waals surface area contributed by atoms with Crippen LogP contribution in [0, 0.1) is 0 Å². The van der Waals surface area contributed by atoms with Gasteiger partial charge in [-0.2, -0.15) is 0 Å². The van der Waals surface area contributed by atoms with Crippen LogP contribution in [0.25, 0.3) is 0 Å². The third-order valence-electron chi connectivity index (χ3n) is 1.30. The van der Waals surface area contributed by atoms with Crippen LogP contribution in [-0.2, 0) is 4.74 Å². The lowest BCUT2D eigenvalue weighted by Crippen LogP contribution is -1.88. The molecule has 1 aliphatic rings. The lowest BCUT2D eigenvalue weighted by molar-refractivity contribution is 0.194. The van der Waals surface area contributed by atoms with E-state index in [2.05, 4.69) is 19.1 Å². The van der Waals surface area contributed by atoms with Gasteiger partial charge < -0.3 is 4.74 Å². The highest BCUT2D eigenvalue weighted by Crippen LogP contribution is 1.97. The molecule has 0 atom stereocenters. The molecule has 0 bridgehead atoms. The molecule has 0 aromatic carbocycles. The van der Waals surface area contributed by atoms with Crippen molar-refractivity contribution in [2.75, 3.05) is 13.2 Å². The molecule has 0 radical (unpaired) electrons. The van der Waals surface area contributed by atoms with Crippen LogP contribution < -0.4 is 0 Å². The molecule has 0 amide bonds. The fourth-order valence-corrected chi connectivity index (χ4v) is 0.769. The van der Waals surface area contributed by atoms with Crippen molar-refractivity contribution in [3.05, 3.63) is 36.0 Å². The average molecular weight is 136 g/mol. The smallest absolute Gasteiger partial charge is 0.0654 e. The summed E-state index contributed by atoms with van der Waals surface area (Å²) in [6, 6.07) is 0. The maximum Gasteiger partial charge on any atom is 0.0654 e. The van der Waals surface area contributed by atoms with Gasteiger partial charge in [0.15, 0.2) is 0 Å². The van der Waals surface area contributed by atoms with E-state index in [1.54, 1.807) is 0 Å². The van der Waals surface area contributed by atoms with Crippen LogP contribution in [0.5, 0.6) is 0 Å². The fraction of sp³-hybridized carbons (Fsp3) is 0.333. The summed E-state index contributed by atoms with van der Waals surface area (Å²) in [7, 11) is 0. The van der Waals surface area contributed by atoms with E-state index in [4.69, 9.17) is 4.74 Å². The maximum atomic E-state index is 5.20. The SMILES string of the molecule is CC1=C/C=C/COCC=C1. The van der Waals surface area contributed by atoms with Crippen LogP contribution in [0.2, 0.25) is 0 Å². The van der Waals surface area contributed by atoms with Crippen molar-refractivity contribution < 1.29 is 4.74 Å². The molecule has 0 unspecified atom stereocenters. The molecule has 0 fully saturated rings. The lowest BCUT2D eigenvalue weighted by Gasteiger charge is -1.91. The quantitative estimate of drug-likeness (QED) is 0.495. The van der Waals surface area contributed by atoms with E-state index in [0.29, 0.717) is 6.61 Å². The van der Waals surface area contributed by atoms with Crippen molar-refractivity contribution in [1.29, 1.82) is 0 Å². The van der Waals surface area contributed by atoms with Crippen LogP contribution in [-0.4, -0.2) is 13.2 Å². The summed E-state index contributed by atoms with van der Waals surface area (Å²) in [5.41, 5.74) is 1.27. The Morgan fingerprint density at radius 2 is 2.10 bits per heavy atom. The minimum Gasteiger partial charge on any atom is -0.373 e. The van der Waals surface area contributed by atoms with Crippen molar-refractivity contribution in [2.45, 2.75) is 6.92 Å². The molecule has 1 rings (SSSR count). The van der Waals surface area contributed by atoms with Gasteiger partial charge in [-0.3, -0.25) is 0 Å². The first-order valence-corrected chi connectivity index (χ1v) is 3.47. The molecule has 0 N–H and O–H groups in total. The molecule has 0 aromatic rings. The zero-order valence-electron chi connectivity index (χ0n) is 6.21. The average Bonchev–Trinajstić information content (AvgIpc) is 2.02. The molecular weight excluding hydrogens is 124 g/mol. The summed E-state index contributed by atoms with van der Waals surface area (Å²) in [4.78, 5) is 0. The second-order valence-electron chi connectivity index (χ2n) is 2.28. The highest BCUT2D eigenvalue weighted by molar-refractivity contribution is 5.22. The number of allylic oxidation sites excluding steroid dienone is 4. The second-order valence-corrected chi connectivity index (χ2v) is 2.28. The van der Waals surface area contributed by atoms with Crippen molar-refractivity contribution in [1.82, 2.24) is 0 Å². The topological polar surface area (TPSA) is 9.23 Å². The van der Waals surface area contributed by atoms with Crippen LogP contribution in [0.15, 0.2) is 36.0 Å². The van der Waals surface area contributed by atoms with E-state index in [-0.39, 0.29) is 0 Å². The predicted molar refractivity (Wildman–Crippen MR) is 42.9 cm³/mol. The minimum absolute atomic E-state index is 0.716. The Labute approximate surface area is 61.7 Å². The number of rotatable bonds is 0. The van der Waals surface area contributed by atoms with E-state index >= 15 is 0 Å². The van der Waals surface area contributed by atoms with E-state index in [0.717, 1.165) is 6.61 Å². The summed E-state index contributed by atoms with van der Waals surface area (Å²) in [5.74, 6) is 0. The predicted octanol–water partition coefficient (Wildman–Crippen LogP) is 2.08. The van der Waals surface area contributed by atoms with Crippen LogP contribution in [0.3, 0.4) is 0 Å². The number of hydrogen-bond acceptors (Lipinski definition) is 1. The van der Waals surface area contributed by atoms with Crippen molar-refractivity contribution in [3.63, 3.8) is 0 Å². The highest BCUT2D eigenvalue weighted by atomic mass is 16.5. The molecule has 1 aliphatic heterocycles. The lowest BCUT2D eigenvalue weighted by atomic mass is 10.2. The fourth-order valence-electron chi connectivity index (χ4n) is 0.769. The van der Waals surface area contributed by atoms with Crippen LogP contribution in [0.4, 0.5) is 0 Å². The van der Waals surface area contributed by atoms with Gasteiger partial charge in [-0.05, 0) is 6.92 Å². The van der Waals surface area contributed by atoms with Gasteiger partial charge in [0.2, 0.25) is 0 Å². The minimum atomic E-state index is 0.716. The summed E-state index contributed by atoms with van der Waals surface area (Å²) in [6.45, 7) is 3.51. The third kappa shape index (κ3) is 2.65. The molecule has 54 valence electrons. The van der Waals surface area contributed by atoms with Gasteiger partial charge in [-0.25, -0.2) is 0 Å². The Kier molecular flexibility index (Phi) is 2.97. The first kappa shape index (κ1) is 7.29. The highest BCUT2D eigenvalue weighted by Gasteiger charge is 1.83. The molecule has 0 aliphatic carbocycles. The zero-order valence-corrected chi connectivity index (χ0v) is 6.21. The Balaban J connectivity index is 2.60. The monoisotopic (exact) mass is 136 g/mol. The Morgan fingerprint density at radius 3 is 3.00 bits per heavy atom. The van der Waals surface area contributed by atoms with Crippen molar-refractivity contribution in [3.8, 4) is 0 Å². The molecule has 0 saturated heterocycles. The number of hydrogen-bond donors (Lipinski definition) is 0. The molecule has 0 aromatic heterocycles. The summed E-state index contributed by atoms with van der Waals surface area (Å²) >= 11 is 0. The Bertz CT molecular complexity index is 175. The zero-order chi connectivity index (χ0) is 7.23. The maximum absolute atomic E-state index is 5.20. The van der Waals surface area contributed by atoms with Gasteiger partial charge >= 0.3 is 0 Å². The summed E-state index contributed by atoms with van der Waals surface area (Å²) < 4.78 is 5.20. The van der Waals surface area contributed by atoms with Gasteiger partial charge in [0.05, 0.1) is 13.2 Å². The summed E-state index contributed by atoms with van der Waals surface area (Å²) in [5, 5.41) is 0. The molecule has 0 saturated carbocycles. The first-order chi connectivity index (χ1) is 4.89. The van der Waals surface area contributed by atoms with Gasteiger partial charge in [0, 0.05) is 0 Å². The van der Waals surface area contributed by atoms with E-state index in [1.807, 2.05) is 18.2 Å².